The van der Waals surface area contributed by atoms with Crippen molar-refractivity contribution < 1.29 is 18.3 Å². The average Bonchev–Trinajstić information content (AvgIpc) is 2.62. The molecule has 0 atom stereocenters. The molecule has 1 heterocycles. The van der Waals surface area contributed by atoms with Crippen LogP contribution in [-0.4, -0.2) is 22.5 Å². The Labute approximate surface area is 157 Å². The molecule has 0 aliphatic rings. The van der Waals surface area contributed by atoms with Gasteiger partial charge in [-0.1, -0.05) is 23.7 Å². The first-order valence-electron chi connectivity index (χ1n) is 7.94. The van der Waals surface area contributed by atoms with E-state index in [1.165, 1.54) is 18.2 Å². The van der Waals surface area contributed by atoms with Gasteiger partial charge in [-0.05, 0) is 30.3 Å². The number of hydrogen-bond donors (Lipinski definition) is 2. The zero-order chi connectivity index (χ0) is 19.4. The smallest absolute Gasteiger partial charge is 0.387 e. The summed E-state index contributed by atoms with van der Waals surface area (Å²) >= 11 is 5.84. The number of carbonyl (C=O) groups excluding carboxylic acids is 1. The maximum Gasteiger partial charge on any atom is 0.387 e. The number of H-pyrrole nitrogens is 1. The van der Waals surface area contributed by atoms with Gasteiger partial charge in [0.1, 0.15) is 11.6 Å². The Bertz CT molecular complexity index is 1040. The van der Waals surface area contributed by atoms with Crippen LogP contribution in [-0.2, 0) is 11.2 Å². The molecule has 0 aliphatic carbocycles. The highest BCUT2D eigenvalue weighted by Crippen LogP contribution is 2.29. The monoisotopic (exact) mass is 393 g/mol. The number of benzene rings is 2. The van der Waals surface area contributed by atoms with Crippen LogP contribution in [0.1, 0.15) is 12.2 Å². The summed E-state index contributed by atoms with van der Waals surface area (Å²) < 4.78 is 28.7. The highest BCUT2D eigenvalue weighted by Gasteiger charge is 2.11. The molecule has 1 aromatic heterocycles. The van der Waals surface area contributed by atoms with E-state index in [4.69, 9.17) is 11.6 Å². The number of alkyl halides is 2. The number of ether oxygens (including phenoxy) is 1. The maximum absolute atomic E-state index is 12.2. The van der Waals surface area contributed by atoms with E-state index in [9.17, 15) is 18.4 Å². The van der Waals surface area contributed by atoms with Crippen molar-refractivity contribution in [3.05, 3.63) is 63.7 Å². The molecule has 0 bridgehead atoms. The van der Waals surface area contributed by atoms with Crippen LogP contribution in [0.4, 0.5) is 14.5 Å². The SMILES string of the molecule is O=C(CCc1nc2ccccc2c(=O)[nH]1)Nc1ccc(OC(F)F)c(Cl)c1. The number of carbonyl (C=O) groups is 1. The minimum atomic E-state index is -2.99. The van der Waals surface area contributed by atoms with Crippen molar-refractivity contribution >= 4 is 34.1 Å². The Hall–Kier alpha value is -3.00. The van der Waals surface area contributed by atoms with Crippen LogP contribution in [0.25, 0.3) is 10.9 Å². The Kier molecular flexibility index (Phi) is 5.66. The molecule has 2 N–H and O–H groups in total. The summed E-state index contributed by atoms with van der Waals surface area (Å²) in [6.45, 7) is -2.99. The highest BCUT2D eigenvalue weighted by molar-refractivity contribution is 6.32. The number of fused-ring (bicyclic) bond motifs is 1. The summed E-state index contributed by atoms with van der Waals surface area (Å²) in [6, 6.07) is 10.9. The number of amides is 1. The number of nitrogens with one attached hydrogen (secondary N) is 2. The first-order valence-corrected chi connectivity index (χ1v) is 8.32. The van der Waals surface area contributed by atoms with Crippen LogP contribution in [0, 0.1) is 0 Å². The van der Waals surface area contributed by atoms with Gasteiger partial charge in [0, 0.05) is 18.5 Å². The molecule has 27 heavy (non-hydrogen) atoms. The van der Waals surface area contributed by atoms with Crippen LogP contribution in [0.2, 0.25) is 5.02 Å². The van der Waals surface area contributed by atoms with Crippen LogP contribution in [0.5, 0.6) is 5.75 Å². The minimum absolute atomic E-state index is 0.0476. The molecule has 0 fully saturated rings. The lowest BCUT2D eigenvalue weighted by atomic mass is 10.2. The number of halogens is 3. The van der Waals surface area contributed by atoms with Crippen LogP contribution in [0.3, 0.4) is 0 Å². The predicted molar refractivity (Wildman–Crippen MR) is 97.4 cm³/mol. The maximum atomic E-state index is 12.2. The molecule has 0 unspecified atom stereocenters. The molecule has 2 aromatic carbocycles. The molecule has 3 aromatic rings. The van der Waals surface area contributed by atoms with E-state index in [1.807, 2.05) is 0 Å². The summed E-state index contributed by atoms with van der Waals surface area (Å²) in [6.07, 6.45) is 0.292. The van der Waals surface area contributed by atoms with Gasteiger partial charge in [-0.3, -0.25) is 9.59 Å². The van der Waals surface area contributed by atoms with E-state index in [0.717, 1.165) is 0 Å². The summed E-state index contributed by atoms with van der Waals surface area (Å²) in [5.41, 5.74) is 0.627. The van der Waals surface area contributed by atoms with E-state index in [-0.39, 0.29) is 35.1 Å². The third-order valence-electron chi connectivity index (χ3n) is 3.68. The first kappa shape index (κ1) is 18.8. The number of para-hydroxylation sites is 1. The fourth-order valence-electron chi connectivity index (χ4n) is 2.48. The van der Waals surface area contributed by atoms with Gasteiger partial charge in [0.15, 0.2) is 0 Å². The molecular formula is C18H14ClF2N3O3. The molecule has 1 amide bonds. The second-order valence-corrected chi connectivity index (χ2v) is 6.01. The number of aryl methyl sites for hydroxylation is 1. The van der Waals surface area contributed by atoms with Crippen LogP contribution < -0.4 is 15.6 Å². The number of nitrogens with zero attached hydrogens (tertiary/aromatic N) is 1. The lowest BCUT2D eigenvalue weighted by Gasteiger charge is -2.09. The lowest BCUT2D eigenvalue weighted by molar-refractivity contribution is -0.116. The highest BCUT2D eigenvalue weighted by atomic mass is 35.5. The van der Waals surface area contributed by atoms with Gasteiger partial charge in [0.05, 0.1) is 15.9 Å². The van der Waals surface area contributed by atoms with Gasteiger partial charge in [0.25, 0.3) is 5.56 Å². The number of rotatable bonds is 6. The molecule has 0 saturated carbocycles. The zero-order valence-corrected chi connectivity index (χ0v) is 14.6. The Morgan fingerprint density at radius 2 is 2.04 bits per heavy atom. The van der Waals surface area contributed by atoms with E-state index >= 15 is 0 Å². The summed E-state index contributed by atoms with van der Waals surface area (Å²) in [7, 11) is 0. The molecule has 0 aliphatic heterocycles. The van der Waals surface area contributed by atoms with E-state index in [2.05, 4.69) is 20.0 Å². The van der Waals surface area contributed by atoms with Crippen molar-refractivity contribution in [3.8, 4) is 5.75 Å². The average molecular weight is 394 g/mol. The summed E-state index contributed by atoms with van der Waals surface area (Å²) in [5.74, 6) is -0.125. The van der Waals surface area contributed by atoms with Crippen molar-refractivity contribution in [2.45, 2.75) is 19.5 Å². The largest absolute Gasteiger partial charge is 0.433 e. The molecule has 6 nitrogen and oxygen atoms in total. The van der Waals surface area contributed by atoms with Gasteiger partial charge in [0.2, 0.25) is 5.91 Å². The van der Waals surface area contributed by atoms with Gasteiger partial charge in [-0.15, -0.1) is 0 Å². The van der Waals surface area contributed by atoms with Crippen molar-refractivity contribution in [2.24, 2.45) is 0 Å². The molecule has 0 spiro atoms. The Morgan fingerprint density at radius 3 is 2.78 bits per heavy atom. The summed E-state index contributed by atoms with van der Waals surface area (Å²) in [4.78, 5) is 31.1. The van der Waals surface area contributed by atoms with E-state index < -0.39 is 6.61 Å². The normalized spacial score (nSPS) is 11.0. The first-order chi connectivity index (χ1) is 12.9. The fraction of sp³-hybridized carbons (Fsp3) is 0.167. The van der Waals surface area contributed by atoms with E-state index in [0.29, 0.717) is 22.4 Å². The fourth-order valence-corrected chi connectivity index (χ4v) is 2.70. The van der Waals surface area contributed by atoms with Crippen LogP contribution >= 0.6 is 11.6 Å². The molecule has 0 radical (unpaired) electrons. The van der Waals surface area contributed by atoms with Gasteiger partial charge in [-0.25, -0.2) is 4.98 Å². The second-order valence-electron chi connectivity index (χ2n) is 5.60. The third-order valence-corrected chi connectivity index (χ3v) is 3.98. The van der Waals surface area contributed by atoms with Crippen molar-refractivity contribution in [1.82, 2.24) is 9.97 Å². The van der Waals surface area contributed by atoms with Crippen molar-refractivity contribution in [1.29, 1.82) is 0 Å². The second kappa shape index (κ2) is 8.13. The van der Waals surface area contributed by atoms with Gasteiger partial charge >= 0.3 is 6.61 Å². The third kappa shape index (κ3) is 4.79. The predicted octanol–water partition coefficient (Wildman–Crippen LogP) is 3.75. The molecular weight excluding hydrogens is 380 g/mol. The number of hydrogen-bond acceptors (Lipinski definition) is 4. The van der Waals surface area contributed by atoms with Gasteiger partial charge < -0.3 is 15.0 Å². The summed E-state index contributed by atoms with van der Waals surface area (Å²) in [5, 5.41) is 3.03. The molecule has 0 saturated heterocycles. The number of aromatic nitrogens is 2. The Balaban J connectivity index is 1.63. The van der Waals surface area contributed by atoms with Crippen molar-refractivity contribution in [3.63, 3.8) is 0 Å². The molecule has 3 rings (SSSR count). The number of aromatic amines is 1. The number of anilines is 1. The quantitative estimate of drug-likeness (QED) is 0.668. The van der Waals surface area contributed by atoms with E-state index in [1.54, 1.807) is 24.3 Å². The van der Waals surface area contributed by atoms with Crippen LogP contribution in [0.15, 0.2) is 47.3 Å². The Morgan fingerprint density at radius 1 is 1.26 bits per heavy atom. The zero-order valence-electron chi connectivity index (χ0n) is 13.8. The van der Waals surface area contributed by atoms with Gasteiger partial charge in [-0.2, -0.15) is 8.78 Å². The van der Waals surface area contributed by atoms with Crippen molar-refractivity contribution in [2.75, 3.05) is 5.32 Å². The standard InChI is InChI=1S/C18H14ClF2N3O3/c19-12-9-10(5-6-14(12)27-18(20)21)22-16(25)8-7-15-23-13-4-2-1-3-11(13)17(26)24-15/h1-6,9,18H,7-8H2,(H,22,25)(H,23,24,26). The lowest BCUT2D eigenvalue weighted by Crippen LogP contribution is -2.16. The molecule has 140 valence electrons. The molecule has 9 heteroatoms. The topological polar surface area (TPSA) is 84.1 Å². The minimum Gasteiger partial charge on any atom is -0.433 e.